The van der Waals surface area contributed by atoms with Crippen LogP contribution in [0.15, 0.2) is 48.7 Å². The van der Waals surface area contributed by atoms with Gasteiger partial charge in [0.15, 0.2) is 0 Å². The van der Waals surface area contributed by atoms with E-state index in [9.17, 15) is 0 Å². The van der Waals surface area contributed by atoms with Gasteiger partial charge in [-0.1, -0.05) is 23.7 Å². The van der Waals surface area contributed by atoms with E-state index < -0.39 is 0 Å². The van der Waals surface area contributed by atoms with Crippen LogP contribution in [0.2, 0.25) is 5.02 Å². The smallest absolute Gasteiger partial charge is 0.140 e. The number of nitrogens with zero attached hydrogens (tertiary/aromatic N) is 3. The van der Waals surface area contributed by atoms with Gasteiger partial charge in [0, 0.05) is 35.4 Å². The summed E-state index contributed by atoms with van der Waals surface area (Å²) in [4.78, 5) is 7.14. The van der Waals surface area contributed by atoms with Crippen molar-refractivity contribution in [3.8, 4) is 0 Å². The third-order valence-corrected chi connectivity index (χ3v) is 4.83. The van der Waals surface area contributed by atoms with Crippen molar-refractivity contribution < 1.29 is 0 Å². The predicted octanol–water partition coefficient (Wildman–Crippen LogP) is 4.33. The van der Waals surface area contributed by atoms with Gasteiger partial charge < -0.3 is 4.57 Å². The lowest BCUT2D eigenvalue weighted by molar-refractivity contribution is 0.323. The first kappa shape index (κ1) is 14.7. The topological polar surface area (TPSA) is 21.1 Å². The first-order chi connectivity index (χ1) is 11.3. The molecular weight excluding hydrogens is 306 g/mol. The lowest BCUT2D eigenvalue weighted by atomic mass is 10.2. The van der Waals surface area contributed by atoms with Crippen molar-refractivity contribution in [2.45, 2.75) is 25.9 Å². The van der Waals surface area contributed by atoms with Crippen LogP contribution >= 0.6 is 11.6 Å². The third kappa shape index (κ3) is 3.12. The molecule has 23 heavy (non-hydrogen) atoms. The highest BCUT2D eigenvalue weighted by molar-refractivity contribution is 6.30. The highest BCUT2D eigenvalue weighted by Gasteiger charge is 2.16. The first-order valence-corrected chi connectivity index (χ1v) is 8.57. The maximum atomic E-state index is 6.01. The normalized spacial score (nSPS) is 15.5. The Kier molecular flexibility index (Phi) is 4.06. The Morgan fingerprint density at radius 1 is 1.00 bits per heavy atom. The molecule has 1 aliphatic rings. The van der Waals surface area contributed by atoms with Crippen LogP contribution < -0.4 is 0 Å². The number of rotatable bonds is 4. The number of halogens is 1. The SMILES string of the molecule is Clc1ccc(Cn2c(CN3CCCC3)cc3cccnc32)cc1. The highest BCUT2D eigenvalue weighted by atomic mass is 35.5. The number of hydrogen-bond acceptors (Lipinski definition) is 2. The van der Waals surface area contributed by atoms with Crippen LogP contribution in [0.1, 0.15) is 24.1 Å². The van der Waals surface area contributed by atoms with Crippen LogP contribution in [0, 0.1) is 0 Å². The second-order valence-corrected chi connectivity index (χ2v) is 6.68. The van der Waals surface area contributed by atoms with E-state index in [1.54, 1.807) is 0 Å². The molecule has 0 spiro atoms. The van der Waals surface area contributed by atoms with Gasteiger partial charge >= 0.3 is 0 Å². The number of fused-ring (bicyclic) bond motifs is 1. The molecule has 4 rings (SSSR count). The van der Waals surface area contributed by atoms with Gasteiger partial charge in [-0.2, -0.15) is 0 Å². The molecule has 0 aliphatic carbocycles. The van der Waals surface area contributed by atoms with E-state index >= 15 is 0 Å². The Hall–Kier alpha value is -1.84. The van der Waals surface area contributed by atoms with E-state index in [0.29, 0.717) is 0 Å². The van der Waals surface area contributed by atoms with Crippen molar-refractivity contribution >= 4 is 22.6 Å². The molecule has 4 heteroatoms. The zero-order chi connectivity index (χ0) is 15.6. The largest absolute Gasteiger partial charge is 0.324 e. The summed E-state index contributed by atoms with van der Waals surface area (Å²) in [7, 11) is 0. The molecule has 3 aromatic rings. The molecule has 2 aromatic heterocycles. The summed E-state index contributed by atoms with van der Waals surface area (Å²) in [6.07, 6.45) is 4.51. The minimum atomic E-state index is 0.779. The molecule has 3 heterocycles. The van der Waals surface area contributed by atoms with Crippen molar-refractivity contribution in [1.29, 1.82) is 0 Å². The molecule has 0 bridgehead atoms. The molecule has 1 fully saturated rings. The van der Waals surface area contributed by atoms with Crippen LogP contribution in [0.5, 0.6) is 0 Å². The van der Waals surface area contributed by atoms with Crippen LogP contribution in [0.25, 0.3) is 11.0 Å². The van der Waals surface area contributed by atoms with Gasteiger partial charge in [-0.15, -0.1) is 0 Å². The first-order valence-electron chi connectivity index (χ1n) is 8.19. The van der Waals surface area contributed by atoms with Crippen LogP contribution in [0.3, 0.4) is 0 Å². The molecule has 0 unspecified atom stereocenters. The Balaban J connectivity index is 1.71. The van der Waals surface area contributed by atoms with Crippen molar-refractivity contribution in [2.24, 2.45) is 0 Å². The summed E-state index contributed by atoms with van der Waals surface area (Å²) in [5.74, 6) is 0. The zero-order valence-corrected chi connectivity index (χ0v) is 13.8. The Morgan fingerprint density at radius 2 is 1.78 bits per heavy atom. The third-order valence-electron chi connectivity index (χ3n) is 4.58. The average molecular weight is 326 g/mol. The average Bonchev–Trinajstić information content (AvgIpc) is 3.19. The van der Waals surface area contributed by atoms with Gasteiger partial charge in [-0.05, 0) is 61.8 Å². The van der Waals surface area contributed by atoms with E-state index in [1.807, 2.05) is 24.4 Å². The van der Waals surface area contributed by atoms with Crippen molar-refractivity contribution in [2.75, 3.05) is 13.1 Å². The minimum absolute atomic E-state index is 0.779. The molecule has 1 aromatic carbocycles. The second kappa shape index (κ2) is 6.34. The zero-order valence-electron chi connectivity index (χ0n) is 13.1. The van der Waals surface area contributed by atoms with Crippen LogP contribution in [-0.2, 0) is 13.1 Å². The van der Waals surface area contributed by atoms with Gasteiger partial charge in [0.1, 0.15) is 5.65 Å². The summed E-state index contributed by atoms with van der Waals surface area (Å²) < 4.78 is 2.34. The molecule has 3 nitrogen and oxygen atoms in total. The second-order valence-electron chi connectivity index (χ2n) is 6.25. The fourth-order valence-electron chi connectivity index (χ4n) is 3.39. The lowest BCUT2D eigenvalue weighted by Crippen LogP contribution is -2.20. The molecule has 0 atom stereocenters. The molecule has 0 amide bonds. The number of likely N-dealkylation sites (tertiary alicyclic amines) is 1. The molecule has 118 valence electrons. The van der Waals surface area contributed by atoms with Gasteiger partial charge in [0.2, 0.25) is 0 Å². The molecule has 1 saturated heterocycles. The highest BCUT2D eigenvalue weighted by Crippen LogP contribution is 2.22. The molecule has 1 aliphatic heterocycles. The van der Waals surface area contributed by atoms with Crippen LogP contribution in [0.4, 0.5) is 0 Å². The number of aromatic nitrogens is 2. The number of pyridine rings is 1. The fraction of sp³-hybridized carbons (Fsp3) is 0.316. The lowest BCUT2D eigenvalue weighted by Gasteiger charge is -2.17. The molecule has 0 N–H and O–H groups in total. The van der Waals surface area contributed by atoms with E-state index in [4.69, 9.17) is 11.6 Å². The van der Waals surface area contributed by atoms with Gasteiger partial charge in [0.05, 0.1) is 0 Å². The van der Waals surface area contributed by atoms with Gasteiger partial charge in [0.25, 0.3) is 0 Å². The summed E-state index contributed by atoms with van der Waals surface area (Å²) in [6, 6.07) is 14.5. The van der Waals surface area contributed by atoms with Crippen molar-refractivity contribution in [1.82, 2.24) is 14.5 Å². The number of hydrogen-bond donors (Lipinski definition) is 0. The van der Waals surface area contributed by atoms with E-state index in [1.165, 1.54) is 42.6 Å². The maximum absolute atomic E-state index is 6.01. The van der Waals surface area contributed by atoms with Gasteiger partial charge in [-0.3, -0.25) is 4.90 Å². The van der Waals surface area contributed by atoms with E-state index in [2.05, 4.69) is 38.7 Å². The fourth-order valence-corrected chi connectivity index (χ4v) is 3.52. The molecule has 0 radical (unpaired) electrons. The van der Waals surface area contributed by atoms with Crippen molar-refractivity contribution in [3.63, 3.8) is 0 Å². The Labute approximate surface area is 141 Å². The summed E-state index contributed by atoms with van der Waals surface area (Å²) in [6.45, 7) is 4.25. The monoisotopic (exact) mass is 325 g/mol. The Bertz CT molecular complexity index is 801. The summed E-state index contributed by atoms with van der Waals surface area (Å²) in [5.41, 5.74) is 3.66. The summed E-state index contributed by atoms with van der Waals surface area (Å²) in [5, 5.41) is 2.00. The standard InChI is InChI=1S/C19H20ClN3/c20-17-7-5-15(6-8-17)13-23-18(14-22-10-1-2-11-22)12-16-4-3-9-21-19(16)23/h3-9,12H,1-2,10-11,13-14H2. The maximum Gasteiger partial charge on any atom is 0.140 e. The molecular formula is C19H20ClN3. The van der Waals surface area contributed by atoms with Gasteiger partial charge in [-0.25, -0.2) is 4.98 Å². The molecule has 0 saturated carbocycles. The van der Waals surface area contributed by atoms with E-state index in [0.717, 1.165) is 23.8 Å². The van der Waals surface area contributed by atoms with E-state index in [-0.39, 0.29) is 0 Å². The summed E-state index contributed by atoms with van der Waals surface area (Å²) >= 11 is 6.01. The Morgan fingerprint density at radius 3 is 2.57 bits per heavy atom. The predicted molar refractivity (Wildman–Crippen MR) is 94.8 cm³/mol. The van der Waals surface area contributed by atoms with Crippen molar-refractivity contribution in [3.05, 3.63) is 64.9 Å². The minimum Gasteiger partial charge on any atom is -0.324 e. The number of benzene rings is 1. The van der Waals surface area contributed by atoms with Crippen LogP contribution in [-0.4, -0.2) is 27.5 Å². The quantitative estimate of drug-likeness (QED) is 0.711.